The number of carboxylic acids is 1. The minimum atomic E-state index is -0.887. The van der Waals surface area contributed by atoms with Crippen molar-refractivity contribution < 1.29 is 19.4 Å². The van der Waals surface area contributed by atoms with Crippen molar-refractivity contribution in [2.75, 3.05) is 13.2 Å². The van der Waals surface area contributed by atoms with Crippen molar-refractivity contribution in [3.8, 4) is 5.75 Å². The van der Waals surface area contributed by atoms with Gasteiger partial charge in [-0.05, 0) is 31.9 Å². The normalized spacial score (nSPS) is 13.8. The van der Waals surface area contributed by atoms with Crippen molar-refractivity contribution >= 4 is 11.9 Å². The van der Waals surface area contributed by atoms with E-state index in [0.29, 0.717) is 17.9 Å². The lowest BCUT2D eigenvalue weighted by atomic mass is 10.1. The second-order valence-corrected chi connectivity index (χ2v) is 4.80. The molecular weight excluding hydrogens is 258 g/mol. The molecule has 1 saturated carbocycles. The molecule has 0 aromatic heterocycles. The van der Waals surface area contributed by atoms with Gasteiger partial charge in [0, 0.05) is 12.6 Å². The SMILES string of the molecule is CCOc1ccccc1C(=O)N(CCC(=O)O)C1CC1. The number of benzene rings is 1. The third-order valence-electron chi connectivity index (χ3n) is 3.23. The summed E-state index contributed by atoms with van der Waals surface area (Å²) in [5.41, 5.74) is 0.506. The number of carboxylic acid groups (broad SMARTS) is 1. The van der Waals surface area contributed by atoms with Crippen molar-refractivity contribution in [2.24, 2.45) is 0 Å². The number of hydrogen-bond acceptors (Lipinski definition) is 3. The van der Waals surface area contributed by atoms with Gasteiger partial charge in [0.1, 0.15) is 5.75 Å². The first-order valence-corrected chi connectivity index (χ1v) is 6.88. The molecule has 5 nitrogen and oxygen atoms in total. The lowest BCUT2D eigenvalue weighted by Gasteiger charge is -2.22. The highest BCUT2D eigenvalue weighted by molar-refractivity contribution is 5.97. The maximum absolute atomic E-state index is 12.6. The van der Waals surface area contributed by atoms with Gasteiger partial charge < -0.3 is 14.7 Å². The first kappa shape index (κ1) is 14.4. The Balaban J connectivity index is 2.16. The molecule has 0 radical (unpaired) electrons. The Labute approximate surface area is 118 Å². The summed E-state index contributed by atoms with van der Waals surface area (Å²) in [6, 6.07) is 7.28. The average Bonchev–Trinajstić information content (AvgIpc) is 3.24. The van der Waals surface area contributed by atoms with E-state index in [1.807, 2.05) is 13.0 Å². The van der Waals surface area contributed by atoms with E-state index >= 15 is 0 Å². The van der Waals surface area contributed by atoms with Crippen molar-refractivity contribution in [3.05, 3.63) is 29.8 Å². The molecule has 2 rings (SSSR count). The van der Waals surface area contributed by atoms with Crippen LogP contribution in [0, 0.1) is 0 Å². The Morgan fingerprint density at radius 3 is 2.65 bits per heavy atom. The van der Waals surface area contributed by atoms with Gasteiger partial charge in [-0.25, -0.2) is 0 Å². The molecule has 0 unspecified atom stereocenters. The monoisotopic (exact) mass is 277 g/mol. The van der Waals surface area contributed by atoms with Crippen LogP contribution in [0.5, 0.6) is 5.75 Å². The number of rotatable bonds is 7. The van der Waals surface area contributed by atoms with Crippen LogP contribution in [0.25, 0.3) is 0 Å². The predicted molar refractivity (Wildman–Crippen MR) is 73.9 cm³/mol. The Hall–Kier alpha value is -2.04. The highest BCUT2D eigenvalue weighted by Gasteiger charge is 2.34. The zero-order chi connectivity index (χ0) is 14.5. The third-order valence-corrected chi connectivity index (χ3v) is 3.23. The van der Waals surface area contributed by atoms with E-state index in [9.17, 15) is 9.59 Å². The Kier molecular flexibility index (Phi) is 4.61. The van der Waals surface area contributed by atoms with Gasteiger partial charge in [0.2, 0.25) is 0 Å². The van der Waals surface area contributed by atoms with Gasteiger partial charge in [-0.1, -0.05) is 12.1 Å². The summed E-state index contributed by atoms with van der Waals surface area (Å²) in [4.78, 5) is 25.0. The molecule has 0 atom stereocenters. The Morgan fingerprint density at radius 1 is 1.35 bits per heavy atom. The molecule has 0 bridgehead atoms. The number of carbonyl (C=O) groups excluding carboxylic acids is 1. The third kappa shape index (κ3) is 3.50. The lowest BCUT2D eigenvalue weighted by Crippen LogP contribution is -2.35. The van der Waals surface area contributed by atoms with E-state index in [1.165, 1.54) is 0 Å². The van der Waals surface area contributed by atoms with Gasteiger partial charge in [-0.2, -0.15) is 0 Å². The average molecular weight is 277 g/mol. The first-order valence-electron chi connectivity index (χ1n) is 6.88. The lowest BCUT2D eigenvalue weighted by molar-refractivity contribution is -0.137. The van der Waals surface area contributed by atoms with Crippen LogP contribution in [0.3, 0.4) is 0 Å². The summed E-state index contributed by atoms with van der Waals surface area (Å²) < 4.78 is 5.47. The van der Waals surface area contributed by atoms with Gasteiger partial charge in [0.15, 0.2) is 0 Å². The van der Waals surface area contributed by atoms with Crippen LogP contribution in [0.1, 0.15) is 36.5 Å². The van der Waals surface area contributed by atoms with Crippen LogP contribution in [-0.4, -0.2) is 41.1 Å². The molecule has 108 valence electrons. The molecule has 0 aliphatic heterocycles. The maximum atomic E-state index is 12.6. The molecular formula is C15H19NO4. The van der Waals surface area contributed by atoms with Crippen LogP contribution in [-0.2, 0) is 4.79 Å². The summed E-state index contributed by atoms with van der Waals surface area (Å²) in [6.07, 6.45) is 1.86. The number of ether oxygens (including phenoxy) is 1. The van der Waals surface area contributed by atoms with E-state index in [2.05, 4.69) is 0 Å². The first-order chi connectivity index (χ1) is 9.63. The zero-order valence-corrected chi connectivity index (χ0v) is 11.5. The molecule has 0 heterocycles. The molecule has 1 fully saturated rings. The van der Waals surface area contributed by atoms with Crippen LogP contribution < -0.4 is 4.74 Å². The standard InChI is InChI=1S/C15H19NO4/c1-2-20-13-6-4-3-5-12(13)15(19)16(11-7-8-11)10-9-14(17)18/h3-6,11H,2,7-10H2,1H3,(H,17,18). The Morgan fingerprint density at radius 2 is 2.05 bits per heavy atom. The summed E-state index contributed by atoms with van der Waals surface area (Å²) in [5, 5.41) is 8.79. The van der Waals surface area contributed by atoms with Gasteiger partial charge >= 0.3 is 5.97 Å². The number of para-hydroxylation sites is 1. The molecule has 1 amide bonds. The quantitative estimate of drug-likeness (QED) is 0.829. The molecule has 1 N–H and O–H groups in total. The van der Waals surface area contributed by atoms with Crippen LogP contribution in [0.2, 0.25) is 0 Å². The van der Waals surface area contributed by atoms with Crippen LogP contribution in [0.4, 0.5) is 0 Å². The number of carbonyl (C=O) groups is 2. The van der Waals surface area contributed by atoms with E-state index in [0.717, 1.165) is 12.8 Å². The molecule has 0 saturated heterocycles. The largest absolute Gasteiger partial charge is 0.493 e. The van der Waals surface area contributed by atoms with Crippen molar-refractivity contribution in [3.63, 3.8) is 0 Å². The second-order valence-electron chi connectivity index (χ2n) is 4.80. The summed E-state index contributed by atoms with van der Waals surface area (Å²) in [6.45, 7) is 2.60. The fourth-order valence-corrected chi connectivity index (χ4v) is 2.13. The van der Waals surface area contributed by atoms with Crippen LogP contribution >= 0.6 is 0 Å². The van der Waals surface area contributed by atoms with E-state index in [1.54, 1.807) is 23.1 Å². The van der Waals surface area contributed by atoms with Gasteiger partial charge in [0.25, 0.3) is 5.91 Å². The fourth-order valence-electron chi connectivity index (χ4n) is 2.13. The highest BCUT2D eigenvalue weighted by atomic mass is 16.5. The molecule has 1 aromatic carbocycles. The number of aliphatic carboxylic acids is 1. The molecule has 5 heteroatoms. The van der Waals surface area contributed by atoms with Gasteiger partial charge in [-0.15, -0.1) is 0 Å². The molecule has 1 aliphatic carbocycles. The summed E-state index contributed by atoms with van der Waals surface area (Å²) >= 11 is 0. The minimum absolute atomic E-state index is 0.0287. The molecule has 1 aliphatic rings. The van der Waals surface area contributed by atoms with E-state index < -0.39 is 5.97 Å². The fraction of sp³-hybridized carbons (Fsp3) is 0.467. The number of hydrogen-bond donors (Lipinski definition) is 1. The van der Waals surface area contributed by atoms with E-state index in [-0.39, 0.29) is 24.9 Å². The minimum Gasteiger partial charge on any atom is -0.493 e. The van der Waals surface area contributed by atoms with Gasteiger partial charge in [0.05, 0.1) is 18.6 Å². The molecule has 0 spiro atoms. The zero-order valence-electron chi connectivity index (χ0n) is 11.5. The van der Waals surface area contributed by atoms with E-state index in [4.69, 9.17) is 9.84 Å². The second kappa shape index (κ2) is 6.41. The van der Waals surface area contributed by atoms with Gasteiger partial charge in [-0.3, -0.25) is 9.59 Å². The molecule has 20 heavy (non-hydrogen) atoms. The Bertz CT molecular complexity index is 496. The van der Waals surface area contributed by atoms with Crippen LogP contribution in [0.15, 0.2) is 24.3 Å². The maximum Gasteiger partial charge on any atom is 0.305 e. The predicted octanol–water partition coefficient (Wildman–Crippen LogP) is 2.16. The summed E-state index contributed by atoms with van der Waals surface area (Å²) in [5.74, 6) is -0.472. The highest BCUT2D eigenvalue weighted by Crippen LogP contribution is 2.30. The molecule has 1 aromatic rings. The van der Waals surface area contributed by atoms with Crippen molar-refractivity contribution in [1.82, 2.24) is 4.90 Å². The topological polar surface area (TPSA) is 66.8 Å². The van der Waals surface area contributed by atoms with Crippen molar-refractivity contribution in [1.29, 1.82) is 0 Å². The number of nitrogens with zero attached hydrogens (tertiary/aromatic N) is 1. The van der Waals surface area contributed by atoms with Crippen molar-refractivity contribution in [2.45, 2.75) is 32.2 Å². The summed E-state index contributed by atoms with van der Waals surface area (Å²) in [7, 11) is 0. The smallest absolute Gasteiger partial charge is 0.305 e. The number of amides is 1.